The first-order valence-electron chi connectivity index (χ1n) is 9.42. The highest BCUT2D eigenvalue weighted by molar-refractivity contribution is 9.10. The SMILES string of the molecule is COc1cccc(NC(=O)C(=O)N/N=C/c2cc(Br)ccc2OC(=O)c2ccccc2Cl)c1. The van der Waals surface area contributed by atoms with Crippen molar-refractivity contribution < 1.29 is 23.9 Å². The molecule has 0 saturated carbocycles. The molecule has 0 atom stereocenters. The Morgan fingerprint density at radius 2 is 1.79 bits per heavy atom. The zero-order valence-corrected chi connectivity index (χ0v) is 19.5. The molecule has 0 aliphatic rings. The number of hydrazone groups is 1. The second-order valence-corrected chi connectivity index (χ2v) is 7.76. The Labute approximate surface area is 202 Å². The van der Waals surface area contributed by atoms with E-state index in [0.717, 1.165) is 0 Å². The zero-order chi connectivity index (χ0) is 23.8. The molecule has 168 valence electrons. The Hall–Kier alpha value is -3.69. The largest absolute Gasteiger partial charge is 0.497 e. The number of hydrogen-bond acceptors (Lipinski definition) is 6. The molecular formula is C23H17BrClN3O5. The predicted molar refractivity (Wildman–Crippen MR) is 128 cm³/mol. The number of ether oxygens (including phenoxy) is 2. The van der Waals surface area contributed by atoms with E-state index in [1.54, 1.807) is 66.7 Å². The summed E-state index contributed by atoms with van der Waals surface area (Å²) >= 11 is 9.37. The Balaban J connectivity index is 1.67. The number of nitrogens with one attached hydrogen (secondary N) is 2. The summed E-state index contributed by atoms with van der Waals surface area (Å²) in [6.45, 7) is 0. The van der Waals surface area contributed by atoms with Gasteiger partial charge in [0.1, 0.15) is 11.5 Å². The quantitative estimate of drug-likeness (QED) is 0.161. The van der Waals surface area contributed by atoms with E-state index in [1.807, 2.05) is 0 Å². The molecule has 0 aliphatic carbocycles. The summed E-state index contributed by atoms with van der Waals surface area (Å²) in [6, 6.07) is 17.9. The average Bonchev–Trinajstić information content (AvgIpc) is 2.81. The van der Waals surface area contributed by atoms with Gasteiger partial charge in [-0.15, -0.1) is 0 Å². The molecule has 2 amide bonds. The van der Waals surface area contributed by atoms with Crippen LogP contribution in [0, 0.1) is 0 Å². The molecule has 3 aromatic rings. The molecule has 0 fully saturated rings. The van der Waals surface area contributed by atoms with E-state index in [2.05, 4.69) is 31.8 Å². The van der Waals surface area contributed by atoms with Crippen LogP contribution >= 0.6 is 27.5 Å². The van der Waals surface area contributed by atoms with Crippen molar-refractivity contribution in [3.05, 3.63) is 87.4 Å². The van der Waals surface area contributed by atoms with Gasteiger partial charge >= 0.3 is 17.8 Å². The van der Waals surface area contributed by atoms with Crippen LogP contribution in [-0.4, -0.2) is 31.1 Å². The fraction of sp³-hybridized carbons (Fsp3) is 0.0435. The van der Waals surface area contributed by atoms with Crippen molar-refractivity contribution >= 4 is 57.2 Å². The van der Waals surface area contributed by atoms with Crippen molar-refractivity contribution in [1.29, 1.82) is 0 Å². The van der Waals surface area contributed by atoms with Gasteiger partial charge in [0.05, 0.1) is 23.9 Å². The number of hydrogen-bond donors (Lipinski definition) is 2. The molecule has 0 saturated heterocycles. The molecule has 0 unspecified atom stereocenters. The van der Waals surface area contributed by atoms with Gasteiger partial charge in [-0.05, 0) is 42.5 Å². The maximum atomic E-state index is 12.5. The molecule has 0 radical (unpaired) electrons. The molecule has 3 aromatic carbocycles. The van der Waals surface area contributed by atoms with Crippen LogP contribution in [0.2, 0.25) is 5.02 Å². The van der Waals surface area contributed by atoms with Gasteiger partial charge in [0, 0.05) is 21.8 Å². The summed E-state index contributed by atoms with van der Waals surface area (Å²) in [4.78, 5) is 36.6. The lowest BCUT2D eigenvalue weighted by Gasteiger charge is -2.09. The van der Waals surface area contributed by atoms with Gasteiger partial charge in [-0.3, -0.25) is 9.59 Å². The van der Waals surface area contributed by atoms with Crippen molar-refractivity contribution in [3.63, 3.8) is 0 Å². The van der Waals surface area contributed by atoms with Crippen molar-refractivity contribution in [1.82, 2.24) is 5.43 Å². The second kappa shape index (κ2) is 11.3. The first-order chi connectivity index (χ1) is 15.9. The molecular weight excluding hydrogens is 514 g/mol. The third-order valence-corrected chi connectivity index (χ3v) is 4.99. The second-order valence-electron chi connectivity index (χ2n) is 6.44. The number of amides is 2. The minimum absolute atomic E-state index is 0.182. The molecule has 0 bridgehead atoms. The number of carbonyl (C=O) groups is 3. The Bertz CT molecular complexity index is 1230. The van der Waals surface area contributed by atoms with Crippen LogP contribution in [0.15, 0.2) is 76.3 Å². The van der Waals surface area contributed by atoms with Crippen LogP contribution < -0.4 is 20.2 Å². The van der Waals surface area contributed by atoms with Gasteiger partial charge < -0.3 is 14.8 Å². The van der Waals surface area contributed by atoms with Crippen molar-refractivity contribution in [2.24, 2.45) is 5.10 Å². The number of halogens is 2. The van der Waals surface area contributed by atoms with Crippen molar-refractivity contribution in [2.45, 2.75) is 0 Å². The number of methoxy groups -OCH3 is 1. The van der Waals surface area contributed by atoms with Gasteiger partial charge in [-0.2, -0.15) is 5.10 Å². The van der Waals surface area contributed by atoms with E-state index in [4.69, 9.17) is 21.1 Å². The number of anilines is 1. The third-order valence-electron chi connectivity index (χ3n) is 4.17. The number of nitrogens with zero attached hydrogens (tertiary/aromatic N) is 1. The molecule has 0 aromatic heterocycles. The van der Waals surface area contributed by atoms with E-state index in [9.17, 15) is 14.4 Å². The molecule has 8 nitrogen and oxygen atoms in total. The lowest BCUT2D eigenvalue weighted by molar-refractivity contribution is -0.136. The van der Waals surface area contributed by atoms with E-state index in [1.165, 1.54) is 13.3 Å². The summed E-state index contributed by atoms with van der Waals surface area (Å²) in [5.41, 5.74) is 3.09. The molecule has 2 N–H and O–H groups in total. The van der Waals surface area contributed by atoms with E-state index < -0.39 is 17.8 Å². The van der Waals surface area contributed by atoms with Crippen LogP contribution in [0.4, 0.5) is 5.69 Å². The van der Waals surface area contributed by atoms with E-state index >= 15 is 0 Å². The topological polar surface area (TPSA) is 106 Å². The fourth-order valence-corrected chi connectivity index (χ4v) is 3.19. The number of carbonyl (C=O) groups excluding carboxylic acids is 3. The van der Waals surface area contributed by atoms with Gasteiger partial charge in [0.2, 0.25) is 0 Å². The summed E-state index contributed by atoms with van der Waals surface area (Å²) < 4.78 is 11.2. The van der Waals surface area contributed by atoms with Gasteiger partial charge in [0.15, 0.2) is 0 Å². The van der Waals surface area contributed by atoms with Crippen LogP contribution in [0.1, 0.15) is 15.9 Å². The number of benzene rings is 3. The zero-order valence-electron chi connectivity index (χ0n) is 17.2. The summed E-state index contributed by atoms with van der Waals surface area (Å²) in [5.74, 6) is -1.85. The average molecular weight is 531 g/mol. The fourth-order valence-electron chi connectivity index (χ4n) is 2.59. The standard InChI is InChI=1S/C23H17BrClN3O5/c1-32-17-6-4-5-16(12-17)27-21(29)22(30)28-26-13-14-11-15(24)9-10-20(14)33-23(31)18-7-2-3-8-19(18)25/h2-13H,1H3,(H,27,29)(H,28,30)/b26-13+. The first kappa shape index (κ1) is 24.0. The van der Waals surface area contributed by atoms with Crippen molar-refractivity contribution in [3.8, 4) is 11.5 Å². The lowest BCUT2D eigenvalue weighted by atomic mass is 10.2. The minimum Gasteiger partial charge on any atom is -0.497 e. The minimum atomic E-state index is -0.987. The Morgan fingerprint density at radius 1 is 1.00 bits per heavy atom. The highest BCUT2D eigenvalue weighted by atomic mass is 79.9. The summed E-state index contributed by atoms with van der Waals surface area (Å²) in [7, 11) is 1.49. The predicted octanol–water partition coefficient (Wildman–Crippen LogP) is 4.42. The maximum Gasteiger partial charge on any atom is 0.345 e. The molecule has 3 rings (SSSR count). The maximum absolute atomic E-state index is 12.5. The molecule has 0 heterocycles. The normalized spacial score (nSPS) is 10.5. The Morgan fingerprint density at radius 3 is 2.55 bits per heavy atom. The van der Waals surface area contributed by atoms with Crippen LogP contribution in [0.5, 0.6) is 11.5 Å². The molecule has 10 heteroatoms. The molecule has 0 spiro atoms. The highest BCUT2D eigenvalue weighted by Crippen LogP contribution is 2.24. The van der Waals surface area contributed by atoms with Gasteiger partial charge in [-0.1, -0.05) is 45.7 Å². The van der Waals surface area contributed by atoms with Crippen LogP contribution in [0.3, 0.4) is 0 Å². The van der Waals surface area contributed by atoms with Crippen LogP contribution in [-0.2, 0) is 9.59 Å². The van der Waals surface area contributed by atoms with Crippen molar-refractivity contribution in [2.75, 3.05) is 12.4 Å². The first-order valence-corrected chi connectivity index (χ1v) is 10.6. The third kappa shape index (κ3) is 6.64. The smallest absolute Gasteiger partial charge is 0.345 e. The van der Waals surface area contributed by atoms with Gasteiger partial charge in [0.25, 0.3) is 0 Å². The number of rotatable bonds is 6. The number of esters is 1. The summed E-state index contributed by atoms with van der Waals surface area (Å²) in [5, 5.41) is 6.48. The van der Waals surface area contributed by atoms with E-state index in [0.29, 0.717) is 21.5 Å². The molecule has 33 heavy (non-hydrogen) atoms. The Kier molecular flexibility index (Phi) is 8.17. The van der Waals surface area contributed by atoms with Crippen LogP contribution in [0.25, 0.3) is 0 Å². The van der Waals surface area contributed by atoms with Gasteiger partial charge in [-0.25, -0.2) is 10.2 Å². The summed E-state index contributed by atoms with van der Waals surface area (Å²) in [6.07, 6.45) is 1.25. The molecule has 0 aliphatic heterocycles. The lowest BCUT2D eigenvalue weighted by Crippen LogP contribution is -2.32. The monoisotopic (exact) mass is 529 g/mol. The van der Waals surface area contributed by atoms with E-state index in [-0.39, 0.29) is 16.3 Å². The highest BCUT2D eigenvalue weighted by Gasteiger charge is 2.15.